The van der Waals surface area contributed by atoms with Crippen molar-refractivity contribution < 1.29 is 9.47 Å². The molecular formula is C26H26N4O2. The number of methoxy groups -OCH3 is 1. The van der Waals surface area contributed by atoms with Crippen molar-refractivity contribution in [1.29, 1.82) is 0 Å². The lowest BCUT2D eigenvalue weighted by atomic mass is 10.1. The summed E-state index contributed by atoms with van der Waals surface area (Å²) in [5.41, 5.74) is 1.73. The average molecular weight is 427 g/mol. The van der Waals surface area contributed by atoms with Crippen LogP contribution in [-0.2, 0) is 0 Å². The lowest BCUT2D eigenvalue weighted by Gasteiger charge is -2.16. The maximum Gasteiger partial charge on any atom is 0.246 e. The lowest BCUT2D eigenvalue weighted by molar-refractivity contribution is 0.412. The highest BCUT2D eigenvalue weighted by Crippen LogP contribution is 2.31. The van der Waals surface area contributed by atoms with Crippen molar-refractivity contribution in [3.8, 4) is 28.8 Å². The Morgan fingerprint density at radius 3 is 2.59 bits per heavy atom. The molecule has 2 N–H and O–H groups in total. The number of ether oxygens (including phenoxy) is 2. The van der Waals surface area contributed by atoms with Crippen LogP contribution in [0, 0.1) is 0 Å². The summed E-state index contributed by atoms with van der Waals surface area (Å²) in [5.74, 6) is 2.61. The van der Waals surface area contributed by atoms with Crippen LogP contribution in [0.5, 0.6) is 17.4 Å². The van der Waals surface area contributed by atoms with Crippen LogP contribution in [0.15, 0.2) is 72.9 Å². The molecule has 0 bridgehead atoms. The van der Waals surface area contributed by atoms with Crippen LogP contribution in [-0.4, -0.2) is 36.2 Å². The van der Waals surface area contributed by atoms with Gasteiger partial charge in [-0.15, -0.1) is 0 Å². The third-order valence-electron chi connectivity index (χ3n) is 5.74. The van der Waals surface area contributed by atoms with Crippen LogP contribution in [0.25, 0.3) is 22.2 Å². The highest BCUT2D eigenvalue weighted by atomic mass is 16.5. The zero-order valence-electron chi connectivity index (χ0n) is 18.0. The van der Waals surface area contributed by atoms with Crippen LogP contribution in [0.1, 0.15) is 12.8 Å². The quantitative estimate of drug-likeness (QED) is 0.420. The summed E-state index contributed by atoms with van der Waals surface area (Å²) in [7, 11) is 1.65. The molecule has 1 fully saturated rings. The fourth-order valence-electron chi connectivity index (χ4n) is 3.95. The summed E-state index contributed by atoms with van der Waals surface area (Å²) in [5, 5.41) is 9.32. The Hall–Kier alpha value is -3.64. The van der Waals surface area contributed by atoms with E-state index in [2.05, 4.69) is 39.9 Å². The molecule has 1 aliphatic rings. The normalized spacial score (nSPS) is 15.6. The summed E-state index contributed by atoms with van der Waals surface area (Å²) < 4.78 is 11.4. The highest BCUT2D eigenvalue weighted by Gasteiger charge is 2.16. The van der Waals surface area contributed by atoms with Gasteiger partial charge in [-0.1, -0.05) is 36.4 Å². The number of hydrogen-bond acceptors (Lipinski definition) is 6. The molecule has 1 saturated heterocycles. The van der Waals surface area contributed by atoms with Gasteiger partial charge >= 0.3 is 0 Å². The molecule has 6 heteroatoms. The van der Waals surface area contributed by atoms with Crippen molar-refractivity contribution in [1.82, 2.24) is 15.3 Å². The average Bonchev–Trinajstić information content (AvgIpc) is 3.37. The van der Waals surface area contributed by atoms with Gasteiger partial charge in [0, 0.05) is 18.2 Å². The Morgan fingerprint density at radius 2 is 1.81 bits per heavy atom. The van der Waals surface area contributed by atoms with Gasteiger partial charge in [0.15, 0.2) is 5.82 Å². The van der Waals surface area contributed by atoms with Gasteiger partial charge in [-0.2, -0.15) is 4.98 Å². The van der Waals surface area contributed by atoms with Crippen LogP contribution < -0.4 is 20.1 Å². The monoisotopic (exact) mass is 426 g/mol. The minimum absolute atomic E-state index is 0.448. The number of fused-ring (bicyclic) bond motifs is 1. The molecule has 0 aliphatic carbocycles. The molecule has 1 aliphatic heterocycles. The van der Waals surface area contributed by atoms with Gasteiger partial charge in [0.2, 0.25) is 5.88 Å². The second kappa shape index (κ2) is 9.24. The first-order chi connectivity index (χ1) is 15.8. The molecule has 4 aromatic rings. The Labute approximate surface area is 187 Å². The molecule has 162 valence electrons. The molecule has 2 heterocycles. The van der Waals surface area contributed by atoms with Crippen molar-refractivity contribution in [2.75, 3.05) is 25.5 Å². The SMILES string of the molecule is COc1ccc(Oc2nc(-c3ccc4ccccc4c3)ncc2NC[C@@H]2CCCN2)cc1. The number of nitrogens with zero attached hydrogens (tertiary/aromatic N) is 2. The minimum atomic E-state index is 0.448. The maximum atomic E-state index is 6.18. The van der Waals surface area contributed by atoms with Crippen molar-refractivity contribution in [3.05, 3.63) is 72.9 Å². The maximum absolute atomic E-state index is 6.18. The number of benzene rings is 3. The molecule has 3 aromatic carbocycles. The first-order valence-corrected chi connectivity index (χ1v) is 10.9. The molecular weight excluding hydrogens is 400 g/mol. The predicted octanol–water partition coefficient (Wildman–Crippen LogP) is 5.26. The van der Waals surface area contributed by atoms with Gasteiger partial charge in [-0.05, 0) is 60.5 Å². The third-order valence-corrected chi connectivity index (χ3v) is 5.74. The lowest BCUT2D eigenvalue weighted by Crippen LogP contribution is -2.29. The first-order valence-electron chi connectivity index (χ1n) is 10.9. The molecule has 6 nitrogen and oxygen atoms in total. The summed E-state index contributed by atoms with van der Waals surface area (Å²) in [6, 6.07) is 22.5. The Bertz CT molecular complexity index is 1200. The molecule has 0 spiro atoms. The Balaban J connectivity index is 1.46. The molecule has 0 saturated carbocycles. The fourth-order valence-corrected chi connectivity index (χ4v) is 3.95. The van der Waals surface area contributed by atoms with Crippen LogP contribution >= 0.6 is 0 Å². The number of nitrogens with one attached hydrogen (secondary N) is 2. The Kier molecular flexibility index (Phi) is 5.85. The summed E-state index contributed by atoms with van der Waals surface area (Å²) >= 11 is 0. The standard InChI is InChI=1S/C26H26N4O2/c1-31-22-10-12-23(13-11-22)32-26-24(28-16-21-7-4-14-27-21)17-29-25(30-26)20-9-8-18-5-2-3-6-19(18)15-20/h2-3,5-6,8-13,15,17,21,27-28H,4,7,14,16H2,1H3/t21-/m0/s1. The van der Waals surface area contributed by atoms with Crippen molar-refractivity contribution in [3.63, 3.8) is 0 Å². The van der Waals surface area contributed by atoms with Gasteiger partial charge in [0.25, 0.3) is 0 Å². The van der Waals surface area contributed by atoms with Gasteiger partial charge in [-0.25, -0.2) is 4.98 Å². The van der Waals surface area contributed by atoms with E-state index in [1.165, 1.54) is 11.8 Å². The smallest absolute Gasteiger partial charge is 0.246 e. The Morgan fingerprint density at radius 1 is 1.00 bits per heavy atom. The first kappa shape index (κ1) is 20.3. The van der Waals surface area contributed by atoms with Gasteiger partial charge < -0.3 is 20.1 Å². The number of hydrogen-bond donors (Lipinski definition) is 2. The largest absolute Gasteiger partial charge is 0.497 e. The van der Waals surface area contributed by atoms with E-state index < -0.39 is 0 Å². The third kappa shape index (κ3) is 4.50. The van der Waals surface area contributed by atoms with E-state index in [0.717, 1.165) is 41.9 Å². The summed E-state index contributed by atoms with van der Waals surface area (Å²) in [6.07, 6.45) is 4.18. The molecule has 1 atom stereocenters. The fraction of sp³-hybridized carbons (Fsp3) is 0.231. The predicted molar refractivity (Wildman–Crippen MR) is 128 cm³/mol. The molecule has 1 aromatic heterocycles. The van der Waals surface area contributed by atoms with E-state index in [0.29, 0.717) is 23.5 Å². The molecule has 0 unspecified atom stereocenters. The van der Waals surface area contributed by atoms with Crippen molar-refractivity contribution in [2.45, 2.75) is 18.9 Å². The van der Waals surface area contributed by atoms with Crippen LogP contribution in [0.2, 0.25) is 0 Å². The molecule has 5 rings (SSSR count). The van der Waals surface area contributed by atoms with E-state index in [1.807, 2.05) is 48.7 Å². The van der Waals surface area contributed by atoms with Gasteiger partial charge in [0.05, 0.1) is 13.3 Å². The molecule has 0 amide bonds. The number of aromatic nitrogens is 2. The van der Waals surface area contributed by atoms with Crippen molar-refractivity contribution in [2.24, 2.45) is 0 Å². The second-order valence-corrected chi connectivity index (χ2v) is 7.93. The minimum Gasteiger partial charge on any atom is -0.497 e. The summed E-state index contributed by atoms with van der Waals surface area (Å²) in [4.78, 5) is 9.42. The molecule has 32 heavy (non-hydrogen) atoms. The van der Waals surface area contributed by atoms with Gasteiger partial charge in [0.1, 0.15) is 17.2 Å². The van der Waals surface area contributed by atoms with Crippen molar-refractivity contribution >= 4 is 16.5 Å². The van der Waals surface area contributed by atoms with E-state index in [1.54, 1.807) is 7.11 Å². The number of anilines is 1. The van der Waals surface area contributed by atoms with Crippen LogP contribution in [0.4, 0.5) is 5.69 Å². The molecule has 0 radical (unpaired) electrons. The summed E-state index contributed by atoms with van der Waals surface area (Å²) in [6.45, 7) is 1.87. The zero-order valence-corrected chi connectivity index (χ0v) is 18.0. The number of rotatable bonds is 7. The van der Waals surface area contributed by atoms with E-state index in [9.17, 15) is 0 Å². The zero-order chi connectivity index (χ0) is 21.8. The van der Waals surface area contributed by atoms with E-state index in [4.69, 9.17) is 14.5 Å². The second-order valence-electron chi connectivity index (χ2n) is 7.93. The topological polar surface area (TPSA) is 68.3 Å². The van der Waals surface area contributed by atoms with Crippen LogP contribution in [0.3, 0.4) is 0 Å². The highest BCUT2D eigenvalue weighted by molar-refractivity contribution is 5.86. The van der Waals surface area contributed by atoms with Gasteiger partial charge in [-0.3, -0.25) is 0 Å². The van der Waals surface area contributed by atoms with E-state index >= 15 is 0 Å². The van der Waals surface area contributed by atoms with E-state index in [-0.39, 0.29) is 0 Å².